The molecule has 1 fully saturated rings. The van der Waals surface area contributed by atoms with Crippen molar-refractivity contribution in [3.8, 4) is 6.07 Å². The molecule has 0 aromatic rings. The number of nitrogens with zero attached hydrogens (tertiary/aromatic N) is 3. The molecular formula is C14H25N3O. The average molecular weight is 251 g/mol. The lowest BCUT2D eigenvalue weighted by Gasteiger charge is -2.44. The van der Waals surface area contributed by atoms with Gasteiger partial charge in [-0.25, -0.2) is 0 Å². The van der Waals surface area contributed by atoms with Gasteiger partial charge in [-0.3, -0.25) is 9.69 Å². The lowest BCUT2D eigenvalue weighted by atomic mass is 9.82. The first-order chi connectivity index (χ1) is 8.41. The summed E-state index contributed by atoms with van der Waals surface area (Å²) in [5.74, 6) is 0.0156. The summed E-state index contributed by atoms with van der Waals surface area (Å²) in [5.41, 5.74) is -0.824. The third-order valence-electron chi connectivity index (χ3n) is 4.48. The summed E-state index contributed by atoms with van der Waals surface area (Å²) in [7, 11) is 2.09. The van der Waals surface area contributed by atoms with Gasteiger partial charge >= 0.3 is 0 Å². The molecule has 0 radical (unpaired) electrons. The van der Waals surface area contributed by atoms with Gasteiger partial charge in [0.25, 0.3) is 0 Å². The minimum atomic E-state index is -0.824. The maximum Gasteiger partial charge on any atom is 0.243 e. The van der Waals surface area contributed by atoms with Gasteiger partial charge in [0.1, 0.15) is 5.41 Å². The van der Waals surface area contributed by atoms with E-state index in [2.05, 4.69) is 31.9 Å². The van der Waals surface area contributed by atoms with E-state index in [4.69, 9.17) is 0 Å². The minimum absolute atomic E-state index is 0.0156. The Kier molecular flexibility index (Phi) is 4.75. The molecule has 0 aliphatic carbocycles. The van der Waals surface area contributed by atoms with Crippen LogP contribution in [0.4, 0.5) is 0 Å². The van der Waals surface area contributed by atoms with Crippen molar-refractivity contribution in [3.63, 3.8) is 0 Å². The molecule has 1 amide bonds. The van der Waals surface area contributed by atoms with E-state index in [1.807, 2.05) is 18.7 Å². The Bertz CT molecular complexity index is 331. The fraction of sp³-hybridized carbons (Fsp3) is 0.857. The van der Waals surface area contributed by atoms with E-state index >= 15 is 0 Å². The van der Waals surface area contributed by atoms with Gasteiger partial charge in [-0.05, 0) is 33.7 Å². The highest BCUT2D eigenvalue weighted by molar-refractivity contribution is 5.85. The zero-order valence-corrected chi connectivity index (χ0v) is 12.2. The Morgan fingerprint density at radius 2 is 1.72 bits per heavy atom. The number of likely N-dealkylation sites (N-methyl/N-ethyl adjacent to an activating group) is 1. The molecule has 1 heterocycles. The molecule has 0 aromatic carbocycles. The standard InChI is InChI=1S/C14H25N3O/c1-6-14(7-2,10-15)13(18)17-8-11(3)16(5)12(4)9-17/h11-12H,6-9H2,1-5H3. The molecule has 4 heteroatoms. The highest BCUT2D eigenvalue weighted by Gasteiger charge is 2.41. The van der Waals surface area contributed by atoms with Crippen LogP contribution in [-0.2, 0) is 4.79 Å². The zero-order valence-electron chi connectivity index (χ0n) is 12.2. The molecule has 0 aromatic heterocycles. The van der Waals surface area contributed by atoms with Crippen molar-refractivity contribution in [2.24, 2.45) is 5.41 Å². The van der Waals surface area contributed by atoms with Crippen molar-refractivity contribution < 1.29 is 4.79 Å². The normalized spacial score (nSPS) is 25.9. The molecule has 102 valence electrons. The monoisotopic (exact) mass is 251 g/mol. The third-order valence-corrected chi connectivity index (χ3v) is 4.48. The van der Waals surface area contributed by atoms with Crippen LogP contribution >= 0.6 is 0 Å². The molecule has 4 nitrogen and oxygen atoms in total. The number of hydrogen-bond acceptors (Lipinski definition) is 3. The maximum absolute atomic E-state index is 12.6. The van der Waals surface area contributed by atoms with Gasteiger partial charge < -0.3 is 4.90 Å². The molecule has 1 aliphatic heterocycles. The topological polar surface area (TPSA) is 47.3 Å². The second kappa shape index (κ2) is 5.71. The van der Waals surface area contributed by atoms with Crippen LogP contribution in [0.15, 0.2) is 0 Å². The van der Waals surface area contributed by atoms with Gasteiger partial charge in [0.15, 0.2) is 0 Å². The van der Waals surface area contributed by atoms with Crippen LogP contribution in [0.5, 0.6) is 0 Å². The molecule has 1 aliphatic rings. The molecule has 1 rings (SSSR count). The van der Waals surface area contributed by atoms with Gasteiger partial charge in [-0.15, -0.1) is 0 Å². The van der Waals surface area contributed by atoms with Crippen LogP contribution in [0.3, 0.4) is 0 Å². The number of carbonyl (C=O) groups excluding carboxylic acids is 1. The summed E-state index contributed by atoms with van der Waals surface area (Å²) in [4.78, 5) is 16.8. The van der Waals surface area contributed by atoms with Crippen molar-refractivity contribution in [1.82, 2.24) is 9.80 Å². The molecule has 0 N–H and O–H groups in total. The van der Waals surface area contributed by atoms with Crippen molar-refractivity contribution in [1.29, 1.82) is 5.26 Å². The summed E-state index contributed by atoms with van der Waals surface area (Å²) in [6.45, 7) is 9.55. The third kappa shape index (κ3) is 2.51. The lowest BCUT2D eigenvalue weighted by molar-refractivity contribution is -0.143. The van der Waals surface area contributed by atoms with Crippen molar-refractivity contribution in [2.45, 2.75) is 52.6 Å². The van der Waals surface area contributed by atoms with Crippen LogP contribution in [0.25, 0.3) is 0 Å². The first-order valence-electron chi connectivity index (χ1n) is 6.84. The smallest absolute Gasteiger partial charge is 0.243 e. The predicted molar refractivity (Wildman–Crippen MR) is 71.9 cm³/mol. The van der Waals surface area contributed by atoms with Crippen LogP contribution in [0.2, 0.25) is 0 Å². The zero-order chi connectivity index (χ0) is 13.9. The second-order valence-electron chi connectivity index (χ2n) is 5.47. The summed E-state index contributed by atoms with van der Waals surface area (Å²) in [5, 5.41) is 9.35. The summed E-state index contributed by atoms with van der Waals surface area (Å²) in [6.07, 6.45) is 1.18. The quantitative estimate of drug-likeness (QED) is 0.769. The van der Waals surface area contributed by atoms with E-state index in [9.17, 15) is 10.1 Å². The van der Waals surface area contributed by atoms with Crippen LogP contribution in [0, 0.1) is 16.7 Å². The molecule has 0 spiro atoms. The van der Waals surface area contributed by atoms with E-state index in [-0.39, 0.29) is 5.91 Å². The number of hydrogen-bond donors (Lipinski definition) is 0. The molecule has 2 unspecified atom stereocenters. The Balaban J connectivity index is 2.88. The largest absolute Gasteiger partial charge is 0.338 e. The van der Waals surface area contributed by atoms with Gasteiger partial charge in [0, 0.05) is 25.2 Å². The first kappa shape index (κ1) is 15.0. The number of piperazine rings is 1. The average Bonchev–Trinajstić information content (AvgIpc) is 2.38. The molecule has 2 atom stereocenters. The highest BCUT2D eigenvalue weighted by atomic mass is 16.2. The van der Waals surface area contributed by atoms with Gasteiger partial charge in [-0.2, -0.15) is 5.26 Å². The number of nitriles is 1. The summed E-state index contributed by atoms with van der Waals surface area (Å²) < 4.78 is 0. The van der Waals surface area contributed by atoms with Crippen molar-refractivity contribution >= 4 is 5.91 Å². The van der Waals surface area contributed by atoms with Crippen LogP contribution < -0.4 is 0 Å². The summed E-state index contributed by atoms with van der Waals surface area (Å²) in [6, 6.07) is 2.95. The minimum Gasteiger partial charge on any atom is -0.338 e. The fourth-order valence-electron chi connectivity index (χ4n) is 2.63. The van der Waals surface area contributed by atoms with E-state index in [0.29, 0.717) is 24.9 Å². The van der Waals surface area contributed by atoms with Gasteiger partial charge in [0.05, 0.1) is 6.07 Å². The number of carbonyl (C=O) groups is 1. The van der Waals surface area contributed by atoms with Crippen LogP contribution in [0.1, 0.15) is 40.5 Å². The molecular weight excluding hydrogens is 226 g/mol. The SMILES string of the molecule is CCC(C#N)(CC)C(=O)N1CC(C)N(C)C(C)C1. The number of rotatable bonds is 3. The molecule has 18 heavy (non-hydrogen) atoms. The fourth-order valence-corrected chi connectivity index (χ4v) is 2.63. The van der Waals surface area contributed by atoms with Crippen molar-refractivity contribution in [2.75, 3.05) is 20.1 Å². The Morgan fingerprint density at radius 3 is 2.06 bits per heavy atom. The first-order valence-corrected chi connectivity index (χ1v) is 6.84. The highest BCUT2D eigenvalue weighted by Crippen LogP contribution is 2.29. The lowest BCUT2D eigenvalue weighted by Crippen LogP contribution is -2.58. The second-order valence-corrected chi connectivity index (χ2v) is 5.47. The Hall–Kier alpha value is -1.08. The molecule has 0 bridgehead atoms. The van der Waals surface area contributed by atoms with E-state index in [1.165, 1.54) is 0 Å². The Labute approximate surface area is 111 Å². The maximum atomic E-state index is 12.6. The van der Waals surface area contributed by atoms with Gasteiger partial charge in [0.2, 0.25) is 5.91 Å². The molecule has 1 saturated heterocycles. The van der Waals surface area contributed by atoms with E-state index in [0.717, 1.165) is 13.1 Å². The van der Waals surface area contributed by atoms with E-state index in [1.54, 1.807) is 0 Å². The number of amides is 1. The molecule has 0 saturated carbocycles. The van der Waals surface area contributed by atoms with E-state index < -0.39 is 5.41 Å². The van der Waals surface area contributed by atoms with Crippen LogP contribution in [-0.4, -0.2) is 47.9 Å². The van der Waals surface area contributed by atoms with Gasteiger partial charge in [-0.1, -0.05) is 13.8 Å². The van der Waals surface area contributed by atoms with Crippen molar-refractivity contribution in [3.05, 3.63) is 0 Å². The predicted octanol–water partition coefficient (Wildman–Crippen LogP) is 1.87. The Morgan fingerprint density at radius 1 is 1.28 bits per heavy atom. The summed E-state index contributed by atoms with van der Waals surface area (Å²) >= 11 is 0.